The van der Waals surface area contributed by atoms with Crippen molar-refractivity contribution < 1.29 is 16.8 Å². The molecule has 0 radical (unpaired) electrons. The Morgan fingerprint density at radius 3 is 1.52 bits per heavy atom. The third-order valence-electron chi connectivity index (χ3n) is 4.21. The van der Waals surface area contributed by atoms with Crippen molar-refractivity contribution in [2.45, 2.75) is 110 Å². The van der Waals surface area contributed by atoms with E-state index in [-0.39, 0.29) is 6.61 Å². The van der Waals surface area contributed by atoms with Gasteiger partial charge < -0.3 is 0 Å². The molecule has 0 amide bonds. The third kappa shape index (κ3) is 11.1. The van der Waals surface area contributed by atoms with Gasteiger partial charge in [0.1, 0.15) is 0 Å². The molecule has 4 nitrogen and oxygen atoms in total. The van der Waals surface area contributed by atoms with Gasteiger partial charge in [-0.3, -0.25) is 0 Å². The highest BCUT2D eigenvalue weighted by molar-refractivity contribution is 7.81. The Morgan fingerprint density at radius 1 is 0.696 bits per heavy atom. The first-order valence-electron chi connectivity index (χ1n) is 9.55. The average Bonchev–Trinajstić information content (AvgIpc) is 2.52. The van der Waals surface area contributed by atoms with Crippen LogP contribution in [0.2, 0.25) is 0 Å². The van der Waals surface area contributed by atoms with E-state index < -0.39 is 16.0 Å². The minimum absolute atomic E-state index is 0.224. The van der Waals surface area contributed by atoms with Crippen LogP contribution in [0.5, 0.6) is 0 Å². The number of hydrogen-bond acceptors (Lipinski definition) is 4. The second-order valence-corrected chi connectivity index (χ2v) is 7.73. The number of unbranched alkanes of at least 4 members (excludes halogenated alkanes) is 5. The number of hydrogen-bond donors (Lipinski definition) is 0. The van der Waals surface area contributed by atoms with Crippen molar-refractivity contribution in [3.63, 3.8) is 0 Å². The molecule has 0 heterocycles. The third-order valence-corrected chi connectivity index (χ3v) is 5.23. The van der Waals surface area contributed by atoms with Gasteiger partial charge in [-0.25, -0.2) is 8.37 Å². The lowest BCUT2D eigenvalue weighted by Crippen LogP contribution is -2.36. The van der Waals surface area contributed by atoms with Crippen molar-refractivity contribution in [2.75, 3.05) is 6.61 Å². The Kier molecular flexibility index (Phi) is 13.1. The van der Waals surface area contributed by atoms with Gasteiger partial charge in [-0.15, -0.1) is 0 Å². The van der Waals surface area contributed by atoms with E-state index in [1.807, 2.05) is 0 Å². The fourth-order valence-corrected chi connectivity index (χ4v) is 3.80. The van der Waals surface area contributed by atoms with E-state index in [0.29, 0.717) is 0 Å². The van der Waals surface area contributed by atoms with Crippen molar-refractivity contribution in [3.8, 4) is 0 Å². The molecule has 0 aliphatic heterocycles. The molecule has 0 saturated carbocycles. The molecule has 0 rings (SSSR count). The van der Waals surface area contributed by atoms with Crippen LogP contribution in [0.25, 0.3) is 0 Å². The summed E-state index contributed by atoms with van der Waals surface area (Å²) in [5.41, 5.74) is -0.578. The lowest BCUT2D eigenvalue weighted by Gasteiger charge is -2.33. The standard InChI is InChI=1S/C18H38O4S/c1-5-9-13-17-21-23(19,20)22-18(14-10-6-2,15-11-7-3)16-12-8-4/h5-17H2,1-4H3. The second-order valence-electron chi connectivity index (χ2n) is 6.51. The Labute approximate surface area is 144 Å². The van der Waals surface area contributed by atoms with Gasteiger partial charge in [-0.05, 0) is 25.7 Å². The molecule has 5 heteroatoms. The van der Waals surface area contributed by atoms with Gasteiger partial charge in [-0.1, -0.05) is 79.1 Å². The van der Waals surface area contributed by atoms with E-state index >= 15 is 0 Å². The monoisotopic (exact) mass is 350 g/mol. The predicted octanol–water partition coefficient (Wildman–Crippen LogP) is 5.76. The summed E-state index contributed by atoms with van der Waals surface area (Å²) in [5.74, 6) is 0. The molecule has 0 unspecified atom stereocenters. The van der Waals surface area contributed by atoms with E-state index in [2.05, 4.69) is 27.7 Å². The van der Waals surface area contributed by atoms with Gasteiger partial charge in [0.2, 0.25) is 0 Å². The second kappa shape index (κ2) is 13.2. The minimum atomic E-state index is -3.91. The smallest absolute Gasteiger partial charge is 0.248 e. The highest BCUT2D eigenvalue weighted by Gasteiger charge is 2.35. The van der Waals surface area contributed by atoms with Crippen LogP contribution in [-0.4, -0.2) is 20.6 Å². The van der Waals surface area contributed by atoms with Crippen LogP contribution >= 0.6 is 0 Å². The highest BCUT2D eigenvalue weighted by Crippen LogP contribution is 2.33. The Morgan fingerprint density at radius 2 is 1.13 bits per heavy atom. The fourth-order valence-electron chi connectivity index (χ4n) is 2.75. The highest BCUT2D eigenvalue weighted by atomic mass is 32.3. The summed E-state index contributed by atoms with van der Waals surface area (Å²) >= 11 is 0. The van der Waals surface area contributed by atoms with Crippen LogP contribution < -0.4 is 0 Å². The minimum Gasteiger partial charge on any atom is -0.248 e. The molecule has 0 N–H and O–H groups in total. The van der Waals surface area contributed by atoms with E-state index in [1.54, 1.807) is 0 Å². The zero-order valence-electron chi connectivity index (χ0n) is 15.7. The van der Waals surface area contributed by atoms with E-state index in [4.69, 9.17) is 8.37 Å². The molecular weight excluding hydrogens is 312 g/mol. The van der Waals surface area contributed by atoms with Gasteiger partial charge >= 0.3 is 10.4 Å². The van der Waals surface area contributed by atoms with Gasteiger partial charge in [0.15, 0.2) is 0 Å². The van der Waals surface area contributed by atoms with Crippen molar-refractivity contribution >= 4 is 10.4 Å². The van der Waals surface area contributed by atoms with Crippen LogP contribution in [0, 0.1) is 0 Å². The van der Waals surface area contributed by atoms with Crippen molar-refractivity contribution in [2.24, 2.45) is 0 Å². The Bertz CT molecular complexity index is 343. The first-order valence-corrected chi connectivity index (χ1v) is 10.9. The van der Waals surface area contributed by atoms with Crippen LogP contribution in [0.15, 0.2) is 0 Å². The zero-order valence-corrected chi connectivity index (χ0v) is 16.6. The van der Waals surface area contributed by atoms with Gasteiger partial charge in [-0.2, -0.15) is 8.42 Å². The molecule has 0 aromatic rings. The van der Waals surface area contributed by atoms with E-state index in [1.165, 1.54) is 0 Å². The Hall–Kier alpha value is -0.130. The maximum Gasteiger partial charge on any atom is 0.400 e. The molecular formula is C18H38O4S. The molecule has 23 heavy (non-hydrogen) atoms. The molecule has 0 spiro atoms. The molecule has 0 atom stereocenters. The van der Waals surface area contributed by atoms with Gasteiger partial charge in [0.05, 0.1) is 12.2 Å². The molecule has 0 aliphatic rings. The van der Waals surface area contributed by atoms with Crippen LogP contribution in [-0.2, 0) is 18.8 Å². The maximum absolute atomic E-state index is 12.3. The lowest BCUT2D eigenvalue weighted by atomic mass is 9.86. The molecule has 0 fully saturated rings. The van der Waals surface area contributed by atoms with E-state index in [9.17, 15) is 8.42 Å². The molecule has 0 aliphatic carbocycles. The summed E-state index contributed by atoms with van der Waals surface area (Å²) in [6.45, 7) is 8.68. The van der Waals surface area contributed by atoms with E-state index in [0.717, 1.165) is 77.0 Å². The zero-order chi connectivity index (χ0) is 17.6. The lowest BCUT2D eigenvalue weighted by molar-refractivity contribution is 0.0231. The molecule has 0 saturated heterocycles. The summed E-state index contributed by atoms with van der Waals surface area (Å²) in [6, 6.07) is 0. The normalized spacial score (nSPS) is 12.7. The summed E-state index contributed by atoms with van der Waals surface area (Å²) in [7, 11) is -3.91. The molecule has 0 aromatic heterocycles. The largest absolute Gasteiger partial charge is 0.400 e. The van der Waals surface area contributed by atoms with Crippen LogP contribution in [0.4, 0.5) is 0 Å². The quantitative estimate of drug-likeness (QED) is 0.332. The molecule has 0 bridgehead atoms. The first kappa shape index (κ1) is 22.9. The number of rotatable bonds is 16. The predicted molar refractivity (Wildman–Crippen MR) is 96.8 cm³/mol. The van der Waals surface area contributed by atoms with Crippen molar-refractivity contribution in [1.82, 2.24) is 0 Å². The Balaban J connectivity index is 4.90. The SMILES string of the molecule is CCCCCOS(=O)(=O)OC(CCCC)(CCCC)CCCC. The summed E-state index contributed by atoms with van der Waals surface area (Å²) in [6.07, 6.45) is 11.2. The van der Waals surface area contributed by atoms with Gasteiger partial charge in [0.25, 0.3) is 0 Å². The molecule has 140 valence electrons. The van der Waals surface area contributed by atoms with Crippen LogP contribution in [0.1, 0.15) is 105 Å². The van der Waals surface area contributed by atoms with Crippen molar-refractivity contribution in [1.29, 1.82) is 0 Å². The van der Waals surface area contributed by atoms with Crippen LogP contribution in [0.3, 0.4) is 0 Å². The summed E-state index contributed by atoms with van der Waals surface area (Å²) in [5, 5.41) is 0. The average molecular weight is 351 g/mol. The van der Waals surface area contributed by atoms with Crippen molar-refractivity contribution in [3.05, 3.63) is 0 Å². The maximum atomic E-state index is 12.3. The molecule has 0 aromatic carbocycles. The summed E-state index contributed by atoms with van der Waals surface area (Å²) < 4.78 is 35.2. The topological polar surface area (TPSA) is 52.6 Å². The first-order chi connectivity index (χ1) is 10.9. The fraction of sp³-hybridized carbons (Fsp3) is 1.00. The summed E-state index contributed by atoms with van der Waals surface area (Å²) in [4.78, 5) is 0. The van der Waals surface area contributed by atoms with Gasteiger partial charge in [0, 0.05) is 0 Å².